The molecule has 0 aliphatic heterocycles. The van der Waals surface area contributed by atoms with Crippen LogP contribution < -0.4 is 4.90 Å². The number of anilines is 3. The third kappa shape index (κ3) is 4.15. The van der Waals surface area contributed by atoms with E-state index in [1.54, 1.807) is 0 Å². The van der Waals surface area contributed by atoms with E-state index in [0.29, 0.717) is 0 Å². The Balaban J connectivity index is 1.24. The number of rotatable bonds is 5. The number of fused-ring (bicyclic) bond motifs is 9. The molecule has 0 aliphatic carbocycles. The van der Waals surface area contributed by atoms with Crippen LogP contribution in [-0.2, 0) is 0 Å². The Morgan fingerprint density at radius 3 is 1.92 bits per heavy atom. The maximum absolute atomic E-state index is 4.99. The van der Waals surface area contributed by atoms with Crippen LogP contribution in [0.4, 0.5) is 17.1 Å². The van der Waals surface area contributed by atoms with Gasteiger partial charge in [-0.25, -0.2) is 9.97 Å². The molecule has 0 radical (unpaired) electrons. The maximum Gasteiger partial charge on any atom is 0.219 e. The Hall–Kier alpha value is -6.66. The third-order valence-corrected chi connectivity index (χ3v) is 10.0. The zero-order valence-electron chi connectivity index (χ0n) is 27.7. The van der Waals surface area contributed by atoms with E-state index in [9.17, 15) is 0 Å². The van der Waals surface area contributed by atoms with Crippen LogP contribution in [0.2, 0.25) is 0 Å². The first-order chi connectivity index (χ1) is 24.7. The first kappa shape index (κ1) is 28.4. The van der Waals surface area contributed by atoms with Crippen molar-refractivity contribution in [3.8, 4) is 11.6 Å². The quantitative estimate of drug-likeness (QED) is 0.175. The molecule has 0 amide bonds. The minimum atomic E-state index is 0.858. The summed E-state index contributed by atoms with van der Waals surface area (Å²) in [5, 5.41) is 5.87. The van der Waals surface area contributed by atoms with Gasteiger partial charge in [-0.05, 0) is 78.9 Å². The molecule has 50 heavy (non-hydrogen) atoms. The molecule has 4 heterocycles. The summed E-state index contributed by atoms with van der Waals surface area (Å²) in [6.45, 7) is 4.33. The van der Waals surface area contributed by atoms with E-state index in [4.69, 9.17) is 9.97 Å². The fraction of sp³-hybridized carbons (Fsp3) is 0.0455. The van der Waals surface area contributed by atoms with E-state index in [2.05, 4.69) is 172 Å². The van der Waals surface area contributed by atoms with Gasteiger partial charge in [0.1, 0.15) is 5.65 Å². The minimum absolute atomic E-state index is 0.858. The van der Waals surface area contributed by atoms with Gasteiger partial charge in [0.2, 0.25) is 5.95 Å². The highest BCUT2D eigenvalue weighted by molar-refractivity contribution is 6.13. The van der Waals surface area contributed by atoms with Gasteiger partial charge in [-0.3, -0.25) is 13.5 Å². The van der Waals surface area contributed by atoms with Gasteiger partial charge in [-0.15, -0.1) is 0 Å². The Morgan fingerprint density at radius 2 is 1.12 bits per heavy atom. The number of benzene rings is 6. The van der Waals surface area contributed by atoms with Gasteiger partial charge in [0.25, 0.3) is 0 Å². The minimum Gasteiger partial charge on any atom is -0.310 e. The van der Waals surface area contributed by atoms with Crippen molar-refractivity contribution >= 4 is 66.2 Å². The average Bonchev–Trinajstić information content (AvgIpc) is 3.90. The van der Waals surface area contributed by atoms with E-state index in [-0.39, 0.29) is 0 Å². The smallest absolute Gasteiger partial charge is 0.219 e. The van der Waals surface area contributed by atoms with Crippen LogP contribution in [0, 0.1) is 13.8 Å². The largest absolute Gasteiger partial charge is 0.310 e. The molecule has 0 atom stereocenters. The van der Waals surface area contributed by atoms with Gasteiger partial charge < -0.3 is 4.90 Å². The van der Waals surface area contributed by atoms with Crippen molar-refractivity contribution in [1.29, 1.82) is 0 Å². The summed E-state index contributed by atoms with van der Waals surface area (Å²) < 4.78 is 6.72. The normalized spacial score (nSPS) is 11.8. The highest BCUT2D eigenvalue weighted by Crippen LogP contribution is 2.41. The monoisotopic (exact) mass is 644 g/mol. The summed E-state index contributed by atoms with van der Waals surface area (Å²) >= 11 is 0. The van der Waals surface area contributed by atoms with E-state index < -0.39 is 0 Å². The number of pyridine rings is 1. The molecule has 6 nitrogen and oxygen atoms in total. The van der Waals surface area contributed by atoms with Crippen LogP contribution in [-0.4, -0.2) is 23.5 Å². The van der Waals surface area contributed by atoms with Gasteiger partial charge in [0.15, 0.2) is 0 Å². The van der Waals surface area contributed by atoms with Crippen molar-refractivity contribution in [3.05, 3.63) is 169 Å². The molecular formula is C44H32N6. The topological polar surface area (TPSA) is 43.3 Å². The number of imidazole rings is 2. The van der Waals surface area contributed by atoms with Crippen LogP contribution in [0.3, 0.4) is 0 Å². The first-order valence-electron chi connectivity index (χ1n) is 16.9. The molecular weight excluding hydrogens is 613 g/mol. The fourth-order valence-corrected chi connectivity index (χ4v) is 7.86. The molecule has 0 aliphatic rings. The van der Waals surface area contributed by atoms with Gasteiger partial charge in [-0.2, -0.15) is 0 Å². The highest BCUT2D eigenvalue weighted by atomic mass is 15.2. The van der Waals surface area contributed by atoms with E-state index in [0.717, 1.165) is 56.3 Å². The van der Waals surface area contributed by atoms with E-state index in [1.165, 1.54) is 32.7 Å². The Labute approximate surface area is 288 Å². The molecule has 0 unspecified atom stereocenters. The fourth-order valence-electron chi connectivity index (χ4n) is 7.86. The molecule has 10 rings (SSSR count). The van der Waals surface area contributed by atoms with Crippen LogP contribution in [0.1, 0.15) is 11.1 Å². The van der Waals surface area contributed by atoms with Gasteiger partial charge in [-0.1, -0.05) is 84.9 Å². The number of aromatic nitrogens is 5. The molecule has 0 spiro atoms. The third-order valence-electron chi connectivity index (χ3n) is 10.0. The maximum atomic E-state index is 4.99. The summed E-state index contributed by atoms with van der Waals surface area (Å²) in [6.07, 6.45) is 7.91. The predicted molar refractivity (Wildman–Crippen MR) is 206 cm³/mol. The van der Waals surface area contributed by atoms with Crippen molar-refractivity contribution in [2.24, 2.45) is 0 Å². The van der Waals surface area contributed by atoms with Crippen molar-refractivity contribution in [2.45, 2.75) is 13.8 Å². The lowest BCUT2D eigenvalue weighted by atomic mass is 10.0. The second-order valence-electron chi connectivity index (χ2n) is 12.9. The summed E-state index contributed by atoms with van der Waals surface area (Å²) in [4.78, 5) is 12.2. The van der Waals surface area contributed by atoms with Crippen LogP contribution in [0.5, 0.6) is 0 Å². The molecule has 0 fully saturated rings. The standard InChI is InChI=1S/C44H32N6/c1-29-11-10-12-30(2)42(29)48-26-24-46-44(48)50-40-18-9-7-16-36(40)37-22-20-33(28-41(37)50)49(31-13-4-3-5-14-31)32-19-21-34-35-15-6-8-17-39(35)47-25-23-45-43(47)38(34)27-32/h3-28H,1-2H3. The number of hydrogen-bond acceptors (Lipinski definition) is 3. The van der Waals surface area contributed by atoms with Crippen LogP contribution in [0.15, 0.2) is 158 Å². The van der Waals surface area contributed by atoms with Crippen LogP contribution in [0.25, 0.3) is 60.8 Å². The molecule has 0 N–H and O–H groups in total. The number of aryl methyl sites for hydroxylation is 2. The zero-order valence-corrected chi connectivity index (χ0v) is 27.7. The number of nitrogens with zero attached hydrogens (tertiary/aromatic N) is 6. The molecule has 4 aromatic heterocycles. The SMILES string of the molecule is Cc1cccc(C)c1-n1ccnc1-n1c2ccccc2c2ccc(N(c3ccccc3)c3ccc4c5ccccc5n5ccnc5c4c3)cc21. The second kappa shape index (κ2) is 10.9. The van der Waals surface area contributed by atoms with Crippen molar-refractivity contribution in [3.63, 3.8) is 0 Å². The molecule has 0 bridgehead atoms. The summed E-state index contributed by atoms with van der Waals surface area (Å²) in [7, 11) is 0. The Morgan fingerprint density at radius 1 is 0.480 bits per heavy atom. The Bertz CT molecular complexity index is 2890. The predicted octanol–water partition coefficient (Wildman–Crippen LogP) is 11.0. The number of hydrogen-bond donors (Lipinski definition) is 0. The van der Waals surface area contributed by atoms with Crippen LogP contribution >= 0.6 is 0 Å². The summed E-state index contributed by atoms with van der Waals surface area (Å²) in [6, 6.07) is 47.8. The molecule has 238 valence electrons. The van der Waals surface area contributed by atoms with Crippen molar-refractivity contribution in [2.75, 3.05) is 4.90 Å². The summed E-state index contributed by atoms with van der Waals surface area (Å²) in [5.74, 6) is 0.858. The lowest BCUT2D eigenvalue weighted by Crippen LogP contribution is -2.11. The number of para-hydroxylation sites is 4. The highest BCUT2D eigenvalue weighted by Gasteiger charge is 2.21. The average molecular weight is 645 g/mol. The van der Waals surface area contributed by atoms with Gasteiger partial charge >= 0.3 is 0 Å². The van der Waals surface area contributed by atoms with Crippen molar-refractivity contribution < 1.29 is 0 Å². The lowest BCUT2D eigenvalue weighted by molar-refractivity contribution is 0.924. The molecule has 10 aromatic rings. The van der Waals surface area contributed by atoms with Gasteiger partial charge in [0, 0.05) is 63.4 Å². The molecule has 0 saturated heterocycles. The van der Waals surface area contributed by atoms with Crippen molar-refractivity contribution in [1.82, 2.24) is 23.5 Å². The molecule has 6 heteroatoms. The van der Waals surface area contributed by atoms with Gasteiger partial charge in [0.05, 0.1) is 22.2 Å². The molecule has 6 aromatic carbocycles. The summed E-state index contributed by atoms with van der Waals surface area (Å²) in [5.41, 5.74) is 11.1. The lowest BCUT2D eigenvalue weighted by Gasteiger charge is -2.26. The van der Waals surface area contributed by atoms with E-state index >= 15 is 0 Å². The molecule has 0 saturated carbocycles. The Kier molecular flexibility index (Phi) is 6.20. The van der Waals surface area contributed by atoms with E-state index in [1.807, 2.05) is 18.6 Å². The second-order valence-corrected chi connectivity index (χ2v) is 12.9. The zero-order chi connectivity index (χ0) is 33.3. The first-order valence-corrected chi connectivity index (χ1v) is 16.9.